The molecule has 0 aliphatic rings. The Hall–Kier alpha value is -1.48. The third-order valence-corrected chi connectivity index (χ3v) is 3.68. The Kier molecular flexibility index (Phi) is 5.29. The lowest BCUT2D eigenvalue weighted by Gasteiger charge is -2.05. The molecule has 2 nitrogen and oxygen atoms in total. The number of ether oxygens (including phenoxy) is 1. The van der Waals surface area contributed by atoms with E-state index in [4.69, 9.17) is 39.5 Å². The van der Waals surface area contributed by atoms with E-state index in [0.29, 0.717) is 20.8 Å². The number of carbonyl (C=O) groups is 1. The summed E-state index contributed by atoms with van der Waals surface area (Å²) in [6.45, 7) is 1.82. The smallest absolute Gasteiger partial charge is 0.336 e. The summed E-state index contributed by atoms with van der Waals surface area (Å²) in [5.74, 6) is -0.00492. The lowest BCUT2D eigenvalue weighted by molar-refractivity contribution is -0.128. The summed E-state index contributed by atoms with van der Waals surface area (Å²) in [5.41, 5.74) is 1.55. The second-order valence-corrected chi connectivity index (χ2v) is 5.59. The first kappa shape index (κ1) is 15.9. The monoisotopic (exact) mass is 340 g/mol. The van der Waals surface area contributed by atoms with E-state index in [-0.39, 0.29) is 0 Å². The maximum Gasteiger partial charge on any atom is 0.336 e. The molecule has 2 rings (SSSR count). The maximum atomic E-state index is 11.8. The highest BCUT2D eigenvalue weighted by Gasteiger charge is 2.05. The first-order valence-corrected chi connectivity index (χ1v) is 7.20. The van der Waals surface area contributed by atoms with Crippen molar-refractivity contribution in [2.45, 2.75) is 6.92 Å². The van der Waals surface area contributed by atoms with Crippen molar-refractivity contribution in [1.29, 1.82) is 0 Å². The van der Waals surface area contributed by atoms with Crippen LogP contribution in [0.3, 0.4) is 0 Å². The number of esters is 1. The number of hydrogen-bond acceptors (Lipinski definition) is 2. The first-order valence-electron chi connectivity index (χ1n) is 6.07. The summed E-state index contributed by atoms with van der Waals surface area (Å²) in [6, 6.07) is 10.1. The van der Waals surface area contributed by atoms with Gasteiger partial charge in [-0.25, -0.2) is 4.79 Å². The molecule has 0 aliphatic carbocycles. The minimum Gasteiger partial charge on any atom is -0.423 e. The highest BCUT2D eigenvalue weighted by atomic mass is 35.5. The minimum atomic E-state index is -0.480. The largest absolute Gasteiger partial charge is 0.423 e. The van der Waals surface area contributed by atoms with Crippen LogP contribution in [-0.4, -0.2) is 5.97 Å². The van der Waals surface area contributed by atoms with Gasteiger partial charge in [-0.05, 0) is 54.5 Å². The fourth-order valence-electron chi connectivity index (χ4n) is 1.65. The SMILES string of the molecule is Cc1cc(Cl)ccc1OC(=O)/C=C/c1ccc(Cl)c(Cl)c1. The van der Waals surface area contributed by atoms with E-state index in [1.54, 1.807) is 42.5 Å². The van der Waals surface area contributed by atoms with Crippen molar-refractivity contribution in [3.05, 3.63) is 68.7 Å². The minimum absolute atomic E-state index is 0.431. The molecule has 0 amide bonds. The summed E-state index contributed by atoms with van der Waals surface area (Å²) in [6.07, 6.45) is 2.93. The highest BCUT2D eigenvalue weighted by Crippen LogP contribution is 2.24. The van der Waals surface area contributed by atoms with Gasteiger partial charge < -0.3 is 4.74 Å². The molecule has 0 saturated carbocycles. The summed E-state index contributed by atoms with van der Waals surface area (Å²) >= 11 is 17.6. The van der Waals surface area contributed by atoms with Crippen LogP contribution in [0.5, 0.6) is 5.75 Å². The number of carbonyl (C=O) groups excluding carboxylic acids is 1. The van der Waals surface area contributed by atoms with Crippen molar-refractivity contribution in [3.8, 4) is 5.75 Å². The van der Waals surface area contributed by atoms with Crippen LogP contribution >= 0.6 is 34.8 Å². The molecule has 21 heavy (non-hydrogen) atoms. The van der Waals surface area contributed by atoms with Crippen LogP contribution in [0.4, 0.5) is 0 Å². The Balaban J connectivity index is 2.07. The van der Waals surface area contributed by atoms with E-state index in [2.05, 4.69) is 0 Å². The van der Waals surface area contributed by atoms with Crippen LogP contribution < -0.4 is 4.74 Å². The lowest BCUT2D eigenvalue weighted by atomic mass is 10.2. The molecule has 0 spiro atoms. The van der Waals surface area contributed by atoms with Gasteiger partial charge in [-0.1, -0.05) is 40.9 Å². The van der Waals surface area contributed by atoms with Gasteiger partial charge in [0.1, 0.15) is 5.75 Å². The number of hydrogen-bond donors (Lipinski definition) is 0. The Morgan fingerprint density at radius 3 is 2.48 bits per heavy atom. The predicted molar refractivity (Wildman–Crippen MR) is 87.3 cm³/mol. The van der Waals surface area contributed by atoms with Gasteiger partial charge in [-0.2, -0.15) is 0 Å². The molecule has 0 radical (unpaired) electrons. The van der Waals surface area contributed by atoms with Crippen LogP contribution in [0.1, 0.15) is 11.1 Å². The summed E-state index contributed by atoms with van der Waals surface area (Å²) in [4.78, 5) is 11.8. The van der Waals surface area contributed by atoms with Crippen molar-refractivity contribution in [2.75, 3.05) is 0 Å². The van der Waals surface area contributed by atoms with Gasteiger partial charge in [-0.3, -0.25) is 0 Å². The molecule has 108 valence electrons. The van der Waals surface area contributed by atoms with E-state index < -0.39 is 5.97 Å². The number of benzene rings is 2. The van der Waals surface area contributed by atoms with Gasteiger partial charge >= 0.3 is 5.97 Å². The van der Waals surface area contributed by atoms with Crippen LogP contribution in [0, 0.1) is 6.92 Å². The van der Waals surface area contributed by atoms with Gasteiger partial charge in [0.2, 0.25) is 0 Å². The summed E-state index contributed by atoms with van der Waals surface area (Å²) in [7, 11) is 0. The molecule has 0 aromatic heterocycles. The summed E-state index contributed by atoms with van der Waals surface area (Å²) < 4.78 is 5.23. The van der Waals surface area contributed by atoms with Gasteiger partial charge in [0.25, 0.3) is 0 Å². The third-order valence-electron chi connectivity index (χ3n) is 2.70. The number of rotatable bonds is 3. The zero-order valence-electron chi connectivity index (χ0n) is 11.1. The molecular weight excluding hydrogens is 331 g/mol. The predicted octanol–water partition coefficient (Wildman–Crippen LogP) is 5.57. The van der Waals surface area contributed by atoms with Crippen LogP contribution in [-0.2, 0) is 4.79 Å². The molecule has 0 unspecified atom stereocenters. The Morgan fingerprint density at radius 2 is 1.81 bits per heavy atom. The van der Waals surface area contributed by atoms with Gasteiger partial charge in [0.05, 0.1) is 10.0 Å². The normalized spacial score (nSPS) is 10.9. The van der Waals surface area contributed by atoms with E-state index in [1.165, 1.54) is 6.08 Å². The van der Waals surface area contributed by atoms with Crippen molar-refractivity contribution < 1.29 is 9.53 Å². The first-order chi connectivity index (χ1) is 9.95. The van der Waals surface area contributed by atoms with Crippen molar-refractivity contribution in [1.82, 2.24) is 0 Å². The van der Waals surface area contributed by atoms with E-state index in [0.717, 1.165) is 11.1 Å². The Bertz CT molecular complexity index is 709. The standard InChI is InChI=1S/C16H11Cl3O2/c1-10-8-12(17)4-6-15(10)21-16(20)7-3-11-2-5-13(18)14(19)9-11/h2-9H,1H3/b7-3+. The average molecular weight is 342 g/mol. The van der Waals surface area contributed by atoms with Gasteiger partial charge in [-0.15, -0.1) is 0 Å². The van der Waals surface area contributed by atoms with E-state index in [9.17, 15) is 4.79 Å². The third kappa shape index (κ3) is 4.50. The van der Waals surface area contributed by atoms with E-state index >= 15 is 0 Å². The molecular formula is C16H11Cl3O2. The quantitative estimate of drug-likeness (QED) is 0.414. The average Bonchev–Trinajstić information content (AvgIpc) is 2.43. The fourth-order valence-corrected chi connectivity index (χ4v) is 2.18. The Morgan fingerprint density at radius 1 is 1.05 bits per heavy atom. The fraction of sp³-hybridized carbons (Fsp3) is 0.0625. The van der Waals surface area contributed by atoms with Crippen LogP contribution in [0.15, 0.2) is 42.5 Å². The van der Waals surface area contributed by atoms with Gasteiger partial charge in [0.15, 0.2) is 0 Å². The molecule has 0 saturated heterocycles. The molecule has 0 bridgehead atoms. The number of halogens is 3. The second kappa shape index (κ2) is 6.99. The molecule has 2 aromatic rings. The van der Waals surface area contributed by atoms with E-state index in [1.807, 2.05) is 6.92 Å². The number of aryl methyl sites for hydroxylation is 1. The maximum absolute atomic E-state index is 11.8. The molecule has 5 heteroatoms. The second-order valence-electron chi connectivity index (χ2n) is 4.34. The topological polar surface area (TPSA) is 26.3 Å². The molecule has 0 heterocycles. The molecule has 0 N–H and O–H groups in total. The highest BCUT2D eigenvalue weighted by molar-refractivity contribution is 6.42. The van der Waals surface area contributed by atoms with Crippen molar-refractivity contribution in [3.63, 3.8) is 0 Å². The molecule has 0 atom stereocenters. The van der Waals surface area contributed by atoms with Gasteiger partial charge in [0, 0.05) is 11.1 Å². The van der Waals surface area contributed by atoms with Crippen molar-refractivity contribution in [2.24, 2.45) is 0 Å². The van der Waals surface area contributed by atoms with Crippen LogP contribution in [0.25, 0.3) is 6.08 Å². The Labute approximate surface area is 137 Å². The molecule has 0 aliphatic heterocycles. The summed E-state index contributed by atoms with van der Waals surface area (Å²) in [5, 5.41) is 1.49. The lowest BCUT2D eigenvalue weighted by Crippen LogP contribution is -2.04. The molecule has 0 fully saturated rings. The van der Waals surface area contributed by atoms with Crippen LogP contribution in [0.2, 0.25) is 15.1 Å². The zero-order valence-corrected chi connectivity index (χ0v) is 13.3. The zero-order chi connectivity index (χ0) is 15.4. The van der Waals surface area contributed by atoms with Crippen molar-refractivity contribution >= 4 is 46.8 Å². The molecule has 2 aromatic carbocycles.